The van der Waals surface area contributed by atoms with Gasteiger partial charge in [0.15, 0.2) is 0 Å². The van der Waals surface area contributed by atoms with Crippen molar-refractivity contribution in [2.24, 2.45) is 0 Å². The highest BCUT2D eigenvalue weighted by molar-refractivity contribution is 6.27. The van der Waals surface area contributed by atoms with Crippen LogP contribution < -0.4 is 0 Å². The van der Waals surface area contributed by atoms with E-state index in [1.807, 2.05) is 0 Å². The van der Waals surface area contributed by atoms with Gasteiger partial charge in [0.25, 0.3) is 0 Å². The molecule has 0 saturated carbocycles. The Morgan fingerprint density at radius 1 is 1.00 bits per heavy atom. The summed E-state index contributed by atoms with van der Waals surface area (Å²) in [5.41, 5.74) is 7.70. The summed E-state index contributed by atoms with van der Waals surface area (Å²) in [4.78, 5) is 0. The van der Waals surface area contributed by atoms with Crippen LogP contribution >= 0.6 is 0 Å². The molecule has 0 spiro atoms. The van der Waals surface area contributed by atoms with Gasteiger partial charge in [0.1, 0.15) is 7.85 Å². The molecule has 0 unspecified atom stereocenters. The van der Waals surface area contributed by atoms with Gasteiger partial charge in [-0.15, -0.1) is 5.47 Å². The SMILES string of the molecule is BC1=C2C(=CCC1)Cc1c2ccc2ccccc12. The minimum Gasteiger partial charge on any atom is -0.102 e. The molecule has 0 bridgehead atoms. The lowest BCUT2D eigenvalue weighted by atomic mass is 9.79. The van der Waals surface area contributed by atoms with Crippen molar-refractivity contribution in [3.05, 3.63) is 64.6 Å². The largest absolute Gasteiger partial charge is 0.134 e. The number of hydrogen-bond donors (Lipinski definition) is 0. The van der Waals surface area contributed by atoms with Crippen LogP contribution in [-0.4, -0.2) is 7.85 Å². The summed E-state index contributed by atoms with van der Waals surface area (Å²) >= 11 is 0. The maximum atomic E-state index is 2.44. The summed E-state index contributed by atoms with van der Waals surface area (Å²) in [6, 6.07) is 13.4. The van der Waals surface area contributed by atoms with E-state index in [4.69, 9.17) is 0 Å². The highest BCUT2D eigenvalue weighted by atomic mass is 14.3. The fourth-order valence-electron chi connectivity index (χ4n) is 3.48. The molecule has 0 amide bonds. The monoisotopic (exact) mass is 230 g/mol. The van der Waals surface area contributed by atoms with Crippen LogP contribution in [0.5, 0.6) is 0 Å². The molecule has 0 N–H and O–H groups in total. The fraction of sp³-hybridized carbons (Fsp3) is 0.176. The first kappa shape index (κ1) is 10.2. The van der Waals surface area contributed by atoms with Gasteiger partial charge in [-0.2, -0.15) is 0 Å². The first-order valence-corrected chi connectivity index (χ1v) is 6.75. The van der Waals surface area contributed by atoms with Crippen LogP contribution in [0, 0.1) is 0 Å². The van der Waals surface area contributed by atoms with E-state index in [1.165, 1.54) is 34.7 Å². The lowest BCUT2D eigenvalue weighted by Gasteiger charge is -2.14. The van der Waals surface area contributed by atoms with Gasteiger partial charge in [-0.25, -0.2) is 0 Å². The Kier molecular flexibility index (Phi) is 2.05. The number of rotatable bonds is 0. The minimum atomic E-state index is 1.13. The van der Waals surface area contributed by atoms with Crippen LogP contribution in [0.3, 0.4) is 0 Å². The van der Waals surface area contributed by atoms with Crippen molar-refractivity contribution >= 4 is 24.2 Å². The van der Waals surface area contributed by atoms with E-state index in [2.05, 4.69) is 50.3 Å². The van der Waals surface area contributed by atoms with Crippen molar-refractivity contribution in [3.8, 4) is 0 Å². The Hall–Kier alpha value is -1.76. The second kappa shape index (κ2) is 3.62. The highest BCUT2D eigenvalue weighted by Gasteiger charge is 2.25. The van der Waals surface area contributed by atoms with E-state index in [-0.39, 0.29) is 0 Å². The lowest BCUT2D eigenvalue weighted by molar-refractivity contribution is 1.000. The Balaban J connectivity index is 2.08. The average Bonchev–Trinajstić information content (AvgIpc) is 2.79. The molecule has 0 fully saturated rings. The summed E-state index contributed by atoms with van der Waals surface area (Å²) in [6.45, 7) is 0. The van der Waals surface area contributed by atoms with Crippen LogP contribution in [0.15, 0.2) is 53.5 Å². The van der Waals surface area contributed by atoms with E-state index < -0.39 is 0 Å². The summed E-state index contributed by atoms with van der Waals surface area (Å²) < 4.78 is 0. The normalized spacial score (nSPS) is 17.7. The maximum absolute atomic E-state index is 2.44. The summed E-state index contributed by atoms with van der Waals surface area (Å²) in [5.74, 6) is 0. The molecule has 0 aromatic heterocycles. The summed E-state index contributed by atoms with van der Waals surface area (Å²) in [5, 5.41) is 2.80. The molecule has 0 aliphatic heterocycles. The fourth-order valence-corrected chi connectivity index (χ4v) is 3.48. The first-order chi connectivity index (χ1) is 8.84. The van der Waals surface area contributed by atoms with E-state index in [0.717, 1.165) is 6.42 Å². The standard InChI is InChI=1S/C17H15B/c18-16-7-3-5-12-10-15-13-6-2-1-4-11(13)8-9-14(15)17(12)16/h1-2,4-6,8-9H,3,7,10,18H2. The van der Waals surface area contributed by atoms with Gasteiger partial charge in [-0.1, -0.05) is 42.5 Å². The van der Waals surface area contributed by atoms with Crippen molar-refractivity contribution in [1.29, 1.82) is 0 Å². The number of allylic oxidation sites excluding steroid dienone is 4. The molecular formula is C17H15B. The third-order valence-corrected chi connectivity index (χ3v) is 4.34. The zero-order chi connectivity index (χ0) is 12.1. The minimum absolute atomic E-state index is 1.13. The molecule has 2 aliphatic carbocycles. The quantitative estimate of drug-likeness (QED) is 0.608. The van der Waals surface area contributed by atoms with E-state index in [0.29, 0.717) is 0 Å². The Labute approximate surface area is 108 Å². The second-order valence-electron chi connectivity index (χ2n) is 5.41. The van der Waals surface area contributed by atoms with Crippen LogP contribution in [0.1, 0.15) is 24.0 Å². The van der Waals surface area contributed by atoms with Gasteiger partial charge in [0, 0.05) is 0 Å². The van der Waals surface area contributed by atoms with Gasteiger partial charge in [0.2, 0.25) is 0 Å². The lowest BCUT2D eigenvalue weighted by Crippen LogP contribution is -1.96. The molecule has 1 heteroatoms. The molecule has 18 heavy (non-hydrogen) atoms. The van der Waals surface area contributed by atoms with Gasteiger partial charge in [-0.05, 0) is 52.3 Å². The smallest absolute Gasteiger partial charge is 0.102 e. The third kappa shape index (κ3) is 1.28. The van der Waals surface area contributed by atoms with Gasteiger partial charge in [0.05, 0.1) is 0 Å². The second-order valence-corrected chi connectivity index (χ2v) is 5.41. The van der Waals surface area contributed by atoms with E-state index >= 15 is 0 Å². The first-order valence-electron chi connectivity index (χ1n) is 6.75. The van der Waals surface area contributed by atoms with Crippen LogP contribution in [0.25, 0.3) is 16.3 Å². The van der Waals surface area contributed by atoms with E-state index in [9.17, 15) is 0 Å². The van der Waals surface area contributed by atoms with Gasteiger partial charge in [-0.3, -0.25) is 0 Å². The molecule has 4 rings (SSSR count). The van der Waals surface area contributed by atoms with Crippen LogP contribution in [0.2, 0.25) is 0 Å². The van der Waals surface area contributed by atoms with Crippen molar-refractivity contribution in [2.75, 3.05) is 0 Å². The average molecular weight is 230 g/mol. The summed E-state index contributed by atoms with van der Waals surface area (Å²) in [7, 11) is 2.30. The van der Waals surface area contributed by atoms with Crippen LogP contribution in [-0.2, 0) is 6.42 Å². The molecule has 0 radical (unpaired) electrons. The molecule has 86 valence electrons. The predicted octanol–water partition coefficient (Wildman–Crippen LogP) is 3.46. The van der Waals surface area contributed by atoms with Gasteiger partial charge >= 0.3 is 0 Å². The van der Waals surface area contributed by atoms with Crippen molar-refractivity contribution in [1.82, 2.24) is 0 Å². The van der Waals surface area contributed by atoms with Crippen molar-refractivity contribution < 1.29 is 0 Å². The summed E-state index contributed by atoms with van der Waals surface area (Å²) in [6.07, 6.45) is 6.02. The molecular weight excluding hydrogens is 215 g/mol. The Morgan fingerprint density at radius 2 is 1.89 bits per heavy atom. The van der Waals surface area contributed by atoms with Crippen molar-refractivity contribution in [2.45, 2.75) is 19.3 Å². The number of hydrogen-bond acceptors (Lipinski definition) is 0. The molecule has 2 aliphatic rings. The van der Waals surface area contributed by atoms with Crippen LogP contribution in [0.4, 0.5) is 0 Å². The van der Waals surface area contributed by atoms with E-state index in [1.54, 1.807) is 16.6 Å². The maximum Gasteiger partial charge on any atom is 0.134 e. The molecule has 2 aromatic rings. The Morgan fingerprint density at radius 3 is 2.83 bits per heavy atom. The number of benzene rings is 2. The Bertz CT molecular complexity index is 719. The molecule has 0 nitrogen and oxygen atoms in total. The molecule has 0 saturated heterocycles. The topological polar surface area (TPSA) is 0 Å². The third-order valence-electron chi connectivity index (χ3n) is 4.34. The molecule has 0 heterocycles. The van der Waals surface area contributed by atoms with Crippen molar-refractivity contribution in [3.63, 3.8) is 0 Å². The molecule has 2 aromatic carbocycles. The highest BCUT2D eigenvalue weighted by Crippen LogP contribution is 2.44. The zero-order valence-corrected chi connectivity index (χ0v) is 10.7. The zero-order valence-electron chi connectivity index (χ0n) is 10.7. The number of fused-ring (bicyclic) bond motifs is 5. The predicted molar refractivity (Wildman–Crippen MR) is 80.4 cm³/mol. The molecule has 0 atom stereocenters. The van der Waals surface area contributed by atoms with Gasteiger partial charge < -0.3 is 0 Å².